The number of nitrogens with zero attached hydrogens (tertiary/aromatic N) is 4. The number of halogens is 1. The second-order valence-electron chi connectivity index (χ2n) is 5.69. The monoisotopic (exact) mass is 352 g/mol. The Morgan fingerprint density at radius 1 is 1.08 bits per heavy atom. The molecule has 1 aromatic heterocycles. The van der Waals surface area contributed by atoms with Gasteiger partial charge in [0.1, 0.15) is 18.4 Å². The van der Waals surface area contributed by atoms with E-state index in [1.807, 2.05) is 43.3 Å². The summed E-state index contributed by atoms with van der Waals surface area (Å²) in [5.74, 6) is -0.154. The molecule has 0 aliphatic rings. The first-order valence-electron chi connectivity index (χ1n) is 7.69. The lowest BCUT2D eigenvalue weighted by atomic mass is 10.1. The highest BCUT2D eigenvalue weighted by Crippen LogP contribution is 2.20. The third kappa shape index (κ3) is 3.95. The smallest absolute Gasteiger partial charge is 0.211 e. The van der Waals surface area contributed by atoms with Gasteiger partial charge in [-0.3, -0.25) is 4.79 Å². The van der Waals surface area contributed by atoms with Gasteiger partial charge in [-0.2, -0.15) is 5.10 Å². The molecule has 2 aromatic carbocycles. The summed E-state index contributed by atoms with van der Waals surface area (Å²) in [6.45, 7) is 0. The third-order valence-electron chi connectivity index (χ3n) is 3.72. The first kappa shape index (κ1) is 16.9. The van der Waals surface area contributed by atoms with Crippen molar-refractivity contribution in [1.29, 1.82) is 0 Å². The molecule has 3 aromatic rings. The normalized spacial score (nSPS) is 11.4. The minimum absolute atomic E-state index is 0.154. The van der Waals surface area contributed by atoms with E-state index in [4.69, 9.17) is 11.6 Å². The molecule has 0 bridgehead atoms. The summed E-state index contributed by atoms with van der Waals surface area (Å²) >= 11 is 5.91. The van der Waals surface area contributed by atoms with Gasteiger partial charge in [-0.1, -0.05) is 23.7 Å². The molecule has 0 spiro atoms. The molecule has 0 fully saturated rings. The van der Waals surface area contributed by atoms with Crippen molar-refractivity contribution in [2.24, 2.45) is 0 Å². The van der Waals surface area contributed by atoms with Gasteiger partial charge in [0.2, 0.25) is 5.78 Å². The molecule has 0 aliphatic carbocycles. The zero-order chi connectivity index (χ0) is 17.8. The topological polar surface area (TPSA) is 51.0 Å². The van der Waals surface area contributed by atoms with E-state index in [0.29, 0.717) is 16.3 Å². The van der Waals surface area contributed by atoms with Crippen molar-refractivity contribution >= 4 is 34.8 Å². The maximum Gasteiger partial charge on any atom is 0.211 e. The van der Waals surface area contributed by atoms with Crippen LogP contribution < -0.4 is 4.90 Å². The minimum Gasteiger partial charge on any atom is -0.378 e. The first-order valence-corrected chi connectivity index (χ1v) is 8.07. The Balaban J connectivity index is 2.00. The maximum absolute atomic E-state index is 12.9. The van der Waals surface area contributed by atoms with Gasteiger partial charge < -0.3 is 4.90 Å². The number of carbonyl (C=O) groups is 1. The number of hydrogen-bond acceptors (Lipinski definition) is 4. The molecular weight excluding hydrogens is 336 g/mol. The lowest BCUT2D eigenvalue weighted by Gasteiger charge is -2.12. The van der Waals surface area contributed by atoms with E-state index < -0.39 is 0 Å². The van der Waals surface area contributed by atoms with Crippen LogP contribution in [0.4, 0.5) is 5.69 Å². The highest BCUT2D eigenvalue weighted by Gasteiger charge is 2.15. The van der Waals surface area contributed by atoms with Crippen molar-refractivity contribution in [3.63, 3.8) is 0 Å². The molecular formula is C19H17ClN4O. The molecule has 3 rings (SSSR count). The average Bonchev–Trinajstić information content (AvgIpc) is 3.14. The number of Topliss-reactive ketones (excluding diaryl/α,β-unsaturated/α-hetero) is 1. The largest absolute Gasteiger partial charge is 0.378 e. The third-order valence-corrected chi connectivity index (χ3v) is 3.97. The molecule has 5 nitrogen and oxygen atoms in total. The Morgan fingerprint density at radius 3 is 2.32 bits per heavy atom. The van der Waals surface area contributed by atoms with E-state index in [0.717, 1.165) is 11.3 Å². The van der Waals surface area contributed by atoms with Crippen LogP contribution in [0.2, 0.25) is 5.02 Å². The van der Waals surface area contributed by atoms with Crippen LogP contribution in [0, 0.1) is 0 Å². The van der Waals surface area contributed by atoms with Gasteiger partial charge in [-0.15, -0.1) is 0 Å². The average molecular weight is 353 g/mol. The van der Waals surface area contributed by atoms with Gasteiger partial charge >= 0.3 is 0 Å². The number of rotatable bonds is 5. The number of carbonyl (C=O) groups excluding carboxylic acids is 1. The van der Waals surface area contributed by atoms with Gasteiger partial charge in [0.15, 0.2) is 0 Å². The van der Waals surface area contributed by atoms with E-state index >= 15 is 0 Å². The van der Waals surface area contributed by atoms with Crippen LogP contribution in [0.5, 0.6) is 0 Å². The number of benzene rings is 2. The molecule has 126 valence electrons. The number of allylic oxidation sites excluding steroid dienone is 1. The highest BCUT2D eigenvalue weighted by molar-refractivity contribution is 6.31. The summed E-state index contributed by atoms with van der Waals surface area (Å²) in [7, 11) is 3.96. The molecule has 0 unspecified atom stereocenters. The van der Waals surface area contributed by atoms with E-state index in [2.05, 4.69) is 10.1 Å². The SMILES string of the molecule is CN(C)c1ccc(/C=C(\C(=O)c2ccc(Cl)cc2)n2cncn2)cc1. The fraction of sp³-hybridized carbons (Fsp3) is 0.105. The highest BCUT2D eigenvalue weighted by atomic mass is 35.5. The lowest BCUT2D eigenvalue weighted by Crippen LogP contribution is -2.10. The standard InChI is InChI=1S/C19H17ClN4O/c1-23(2)17-9-3-14(4-10-17)11-18(24-13-21-12-22-24)19(25)15-5-7-16(20)8-6-15/h3-13H,1-2H3/b18-11+. The van der Waals surface area contributed by atoms with E-state index in [1.54, 1.807) is 30.3 Å². The van der Waals surface area contributed by atoms with Crippen molar-refractivity contribution in [1.82, 2.24) is 14.8 Å². The van der Waals surface area contributed by atoms with Crippen LogP contribution in [0.25, 0.3) is 11.8 Å². The molecule has 0 amide bonds. The van der Waals surface area contributed by atoms with Crippen molar-refractivity contribution in [3.8, 4) is 0 Å². The molecule has 6 heteroatoms. The fourth-order valence-electron chi connectivity index (χ4n) is 2.34. The Hall–Kier alpha value is -2.92. The predicted octanol–water partition coefficient (Wildman–Crippen LogP) is 3.88. The minimum atomic E-state index is -0.154. The van der Waals surface area contributed by atoms with E-state index in [1.165, 1.54) is 17.3 Å². The van der Waals surface area contributed by atoms with Crippen LogP contribution >= 0.6 is 11.6 Å². The van der Waals surface area contributed by atoms with E-state index in [9.17, 15) is 4.79 Å². The number of aromatic nitrogens is 3. The van der Waals surface area contributed by atoms with Crippen LogP contribution in [0.3, 0.4) is 0 Å². The molecule has 0 radical (unpaired) electrons. The number of ketones is 1. The van der Waals surface area contributed by atoms with Gasteiger partial charge in [0.25, 0.3) is 0 Å². The molecule has 0 saturated heterocycles. The van der Waals surface area contributed by atoms with Crippen molar-refractivity contribution < 1.29 is 4.79 Å². The number of anilines is 1. The van der Waals surface area contributed by atoms with Crippen LogP contribution in [0.1, 0.15) is 15.9 Å². The molecule has 1 heterocycles. The summed E-state index contributed by atoms with van der Waals surface area (Å²) in [5, 5.41) is 4.69. The van der Waals surface area contributed by atoms with Crippen molar-refractivity contribution in [3.05, 3.63) is 77.3 Å². The maximum atomic E-state index is 12.9. The Bertz CT molecular complexity index is 882. The molecule has 0 saturated carbocycles. The summed E-state index contributed by atoms with van der Waals surface area (Å²) in [6, 6.07) is 14.7. The van der Waals surface area contributed by atoms with Gasteiger partial charge in [-0.05, 0) is 48.0 Å². The quantitative estimate of drug-likeness (QED) is 0.516. The second kappa shape index (κ2) is 7.32. The molecule has 0 atom stereocenters. The lowest BCUT2D eigenvalue weighted by molar-refractivity contribution is 0.105. The van der Waals surface area contributed by atoms with Gasteiger partial charge in [0, 0.05) is 30.4 Å². The summed E-state index contributed by atoms with van der Waals surface area (Å²) in [4.78, 5) is 18.9. The fourth-order valence-corrected chi connectivity index (χ4v) is 2.47. The summed E-state index contributed by atoms with van der Waals surface area (Å²) < 4.78 is 1.47. The second-order valence-corrected chi connectivity index (χ2v) is 6.13. The molecule has 0 N–H and O–H groups in total. The zero-order valence-corrected chi connectivity index (χ0v) is 14.7. The predicted molar refractivity (Wildman–Crippen MR) is 101 cm³/mol. The molecule has 25 heavy (non-hydrogen) atoms. The van der Waals surface area contributed by atoms with Crippen LogP contribution in [-0.2, 0) is 0 Å². The molecule has 0 aliphatic heterocycles. The zero-order valence-electron chi connectivity index (χ0n) is 13.9. The van der Waals surface area contributed by atoms with Gasteiger partial charge in [-0.25, -0.2) is 9.67 Å². The first-order chi connectivity index (χ1) is 12.0. The Kier molecular flexibility index (Phi) is 4.95. The van der Waals surface area contributed by atoms with Crippen LogP contribution in [-0.4, -0.2) is 34.6 Å². The van der Waals surface area contributed by atoms with Crippen molar-refractivity contribution in [2.45, 2.75) is 0 Å². The van der Waals surface area contributed by atoms with Crippen LogP contribution in [0.15, 0.2) is 61.2 Å². The summed E-state index contributed by atoms with van der Waals surface area (Å²) in [5.41, 5.74) is 2.94. The number of hydrogen-bond donors (Lipinski definition) is 0. The Morgan fingerprint density at radius 2 is 1.76 bits per heavy atom. The van der Waals surface area contributed by atoms with Crippen molar-refractivity contribution in [2.75, 3.05) is 19.0 Å². The Labute approximate surface area is 151 Å². The summed E-state index contributed by atoms with van der Waals surface area (Å²) in [6.07, 6.45) is 4.71. The van der Waals surface area contributed by atoms with E-state index in [-0.39, 0.29) is 5.78 Å². The van der Waals surface area contributed by atoms with Gasteiger partial charge in [0.05, 0.1) is 0 Å².